The molecule has 24 heavy (non-hydrogen) atoms. The molecule has 1 aromatic carbocycles. The van der Waals surface area contributed by atoms with E-state index in [2.05, 4.69) is 24.1 Å². The quantitative estimate of drug-likeness (QED) is 0.777. The molecular formula is C18H24N3OS2+. The van der Waals surface area contributed by atoms with Crippen molar-refractivity contribution in [2.75, 3.05) is 24.2 Å². The van der Waals surface area contributed by atoms with E-state index in [9.17, 15) is 4.79 Å². The number of rotatable bonds is 6. The third-order valence-electron chi connectivity index (χ3n) is 4.16. The smallest absolute Gasteiger partial charge is 0.258 e. The van der Waals surface area contributed by atoms with Gasteiger partial charge in [-0.1, -0.05) is 37.3 Å². The second-order valence-corrected chi connectivity index (χ2v) is 8.34. The summed E-state index contributed by atoms with van der Waals surface area (Å²) in [5, 5.41) is 3.74. The fraction of sp³-hybridized carbons (Fsp3) is 0.444. The molecule has 3 rings (SSSR count). The van der Waals surface area contributed by atoms with E-state index in [0.29, 0.717) is 0 Å². The van der Waals surface area contributed by atoms with Crippen LogP contribution >= 0.6 is 23.1 Å². The number of fused-ring (bicyclic) bond motifs is 1. The number of thioether (sulfide) groups is 1. The number of aromatic nitrogens is 1. The SMILES string of the molecule is CCC[NH+]1CCc2nc(NC(=O)c3ccccc3SCC)sc2C1. The van der Waals surface area contributed by atoms with E-state index in [1.165, 1.54) is 23.5 Å². The number of hydrogen-bond acceptors (Lipinski definition) is 4. The van der Waals surface area contributed by atoms with Gasteiger partial charge in [-0.15, -0.1) is 11.8 Å². The molecule has 2 aromatic rings. The van der Waals surface area contributed by atoms with Crippen molar-refractivity contribution < 1.29 is 9.69 Å². The number of thiazole rings is 1. The number of carbonyl (C=O) groups is 1. The van der Waals surface area contributed by atoms with Gasteiger partial charge in [0.05, 0.1) is 29.2 Å². The Kier molecular flexibility index (Phi) is 5.92. The summed E-state index contributed by atoms with van der Waals surface area (Å²) in [5.74, 6) is 0.890. The van der Waals surface area contributed by atoms with E-state index in [0.717, 1.165) is 40.9 Å². The molecule has 2 heterocycles. The molecule has 4 nitrogen and oxygen atoms in total. The topological polar surface area (TPSA) is 46.4 Å². The maximum atomic E-state index is 12.6. The van der Waals surface area contributed by atoms with Crippen LogP contribution in [0.4, 0.5) is 5.13 Å². The second-order valence-electron chi connectivity index (χ2n) is 5.95. The number of nitrogens with zero attached hydrogens (tertiary/aromatic N) is 1. The Bertz CT molecular complexity index is 714. The standard InChI is InChI=1S/C18H23N3OS2/c1-3-10-21-11-9-14-16(12-21)24-18(19-14)20-17(22)13-7-5-6-8-15(13)23-4-2/h5-8H,3-4,9-12H2,1-2H3,(H,19,20,22)/p+1. The highest BCUT2D eigenvalue weighted by Crippen LogP contribution is 2.27. The molecular weight excluding hydrogens is 338 g/mol. The van der Waals surface area contributed by atoms with Gasteiger partial charge in [0.25, 0.3) is 5.91 Å². The maximum Gasteiger partial charge on any atom is 0.258 e. The molecule has 0 saturated carbocycles. The lowest BCUT2D eigenvalue weighted by Gasteiger charge is -2.22. The molecule has 0 fully saturated rings. The summed E-state index contributed by atoms with van der Waals surface area (Å²) in [6, 6.07) is 7.77. The Morgan fingerprint density at radius 1 is 1.38 bits per heavy atom. The molecule has 1 aromatic heterocycles. The van der Waals surface area contributed by atoms with Crippen LogP contribution in [0.25, 0.3) is 0 Å². The van der Waals surface area contributed by atoms with Gasteiger partial charge in [0, 0.05) is 11.3 Å². The fourth-order valence-electron chi connectivity index (χ4n) is 3.05. The van der Waals surface area contributed by atoms with Crippen molar-refractivity contribution in [3.05, 3.63) is 40.4 Å². The predicted octanol–water partition coefficient (Wildman–Crippen LogP) is 2.86. The molecule has 0 saturated heterocycles. The monoisotopic (exact) mass is 362 g/mol. The number of nitrogens with one attached hydrogen (secondary N) is 2. The average molecular weight is 363 g/mol. The van der Waals surface area contributed by atoms with Gasteiger partial charge in [-0.25, -0.2) is 4.98 Å². The molecule has 0 radical (unpaired) electrons. The third-order valence-corrected chi connectivity index (χ3v) is 6.13. The third kappa shape index (κ3) is 3.99. The van der Waals surface area contributed by atoms with E-state index in [1.54, 1.807) is 28.0 Å². The second kappa shape index (κ2) is 8.14. The molecule has 128 valence electrons. The number of carbonyl (C=O) groups excluding carboxylic acids is 1. The van der Waals surface area contributed by atoms with Crippen LogP contribution in [-0.2, 0) is 13.0 Å². The Labute approximate surface area is 151 Å². The summed E-state index contributed by atoms with van der Waals surface area (Å²) in [7, 11) is 0. The molecule has 2 N–H and O–H groups in total. The van der Waals surface area contributed by atoms with Crippen molar-refractivity contribution in [2.24, 2.45) is 0 Å². The van der Waals surface area contributed by atoms with Gasteiger partial charge < -0.3 is 4.90 Å². The average Bonchev–Trinajstić information content (AvgIpc) is 2.97. The van der Waals surface area contributed by atoms with E-state index >= 15 is 0 Å². The van der Waals surface area contributed by atoms with Crippen LogP contribution < -0.4 is 10.2 Å². The Balaban J connectivity index is 1.72. The first kappa shape index (κ1) is 17.5. The highest BCUT2D eigenvalue weighted by Gasteiger charge is 2.24. The first-order valence-electron chi connectivity index (χ1n) is 8.56. The lowest BCUT2D eigenvalue weighted by molar-refractivity contribution is -0.915. The molecule has 6 heteroatoms. The zero-order valence-electron chi connectivity index (χ0n) is 14.2. The van der Waals surface area contributed by atoms with Gasteiger partial charge in [-0.3, -0.25) is 10.1 Å². The van der Waals surface area contributed by atoms with Gasteiger partial charge in [0.15, 0.2) is 5.13 Å². The minimum atomic E-state index is -0.0598. The Morgan fingerprint density at radius 2 is 2.21 bits per heavy atom. The molecule has 1 atom stereocenters. The summed E-state index contributed by atoms with van der Waals surface area (Å²) in [6.07, 6.45) is 2.22. The van der Waals surface area contributed by atoms with Crippen molar-refractivity contribution in [3.8, 4) is 0 Å². The Morgan fingerprint density at radius 3 is 3.00 bits per heavy atom. The van der Waals surface area contributed by atoms with Crippen LogP contribution in [0.1, 0.15) is 41.2 Å². The van der Waals surface area contributed by atoms with E-state index in [1.807, 2.05) is 24.3 Å². The van der Waals surface area contributed by atoms with E-state index in [-0.39, 0.29) is 5.91 Å². The Hall–Kier alpha value is -1.37. The van der Waals surface area contributed by atoms with Crippen LogP contribution in [-0.4, -0.2) is 29.7 Å². The number of quaternary nitrogens is 1. The number of amides is 1. The van der Waals surface area contributed by atoms with Gasteiger partial charge >= 0.3 is 0 Å². The van der Waals surface area contributed by atoms with Crippen LogP contribution in [0.2, 0.25) is 0 Å². The van der Waals surface area contributed by atoms with Crippen molar-refractivity contribution in [1.29, 1.82) is 0 Å². The molecule has 1 aliphatic heterocycles. The highest BCUT2D eigenvalue weighted by molar-refractivity contribution is 7.99. The first-order valence-corrected chi connectivity index (χ1v) is 10.4. The zero-order chi connectivity index (χ0) is 16.9. The van der Waals surface area contributed by atoms with E-state index < -0.39 is 0 Å². The van der Waals surface area contributed by atoms with Crippen molar-refractivity contribution >= 4 is 34.1 Å². The molecule has 1 aliphatic rings. The van der Waals surface area contributed by atoms with Gasteiger partial charge in [-0.2, -0.15) is 0 Å². The largest absolute Gasteiger partial charge is 0.330 e. The predicted molar refractivity (Wildman–Crippen MR) is 101 cm³/mol. The minimum absolute atomic E-state index is 0.0598. The summed E-state index contributed by atoms with van der Waals surface area (Å²) < 4.78 is 0. The molecule has 0 spiro atoms. The van der Waals surface area contributed by atoms with Crippen LogP contribution in [0.5, 0.6) is 0 Å². The highest BCUT2D eigenvalue weighted by atomic mass is 32.2. The van der Waals surface area contributed by atoms with Crippen molar-refractivity contribution in [3.63, 3.8) is 0 Å². The molecule has 0 bridgehead atoms. The first-order chi connectivity index (χ1) is 11.7. The van der Waals surface area contributed by atoms with E-state index in [4.69, 9.17) is 0 Å². The fourth-order valence-corrected chi connectivity index (χ4v) is 4.92. The number of benzene rings is 1. The lowest BCUT2D eigenvalue weighted by atomic mass is 10.2. The summed E-state index contributed by atoms with van der Waals surface area (Å²) in [5.41, 5.74) is 1.90. The number of hydrogen-bond donors (Lipinski definition) is 2. The van der Waals surface area contributed by atoms with Crippen molar-refractivity contribution in [1.82, 2.24) is 4.98 Å². The van der Waals surface area contributed by atoms with Crippen LogP contribution in [0.15, 0.2) is 29.2 Å². The summed E-state index contributed by atoms with van der Waals surface area (Å²) >= 11 is 3.33. The van der Waals surface area contributed by atoms with Crippen LogP contribution in [0, 0.1) is 0 Å². The van der Waals surface area contributed by atoms with Crippen LogP contribution in [0.3, 0.4) is 0 Å². The van der Waals surface area contributed by atoms with Gasteiger partial charge in [0.1, 0.15) is 6.54 Å². The summed E-state index contributed by atoms with van der Waals surface area (Å²) in [4.78, 5) is 21.3. The normalized spacial score (nSPS) is 16.7. The van der Waals surface area contributed by atoms with Crippen molar-refractivity contribution in [2.45, 2.75) is 38.1 Å². The molecule has 1 amide bonds. The molecule has 1 unspecified atom stereocenters. The maximum absolute atomic E-state index is 12.6. The lowest BCUT2D eigenvalue weighted by Crippen LogP contribution is -3.11. The summed E-state index contributed by atoms with van der Waals surface area (Å²) in [6.45, 7) is 7.72. The molecule has 0 aliphatic carbocycles. The van der Waals surface area contributed by atoms with Gasteiger partial charge in [0.2, 0.25) is 0 Å². The van der Waals surface area contributed by atoms with Gasteiger partial charge in [-0.05, 0) is 24.3 Å². The minimum Gasteiger partial charge on any atom is -0.330 e. The number of anilines is 1. The zero-order valence-corrected chi connectivity index (χ0v) is 15.9.